The number of pyridine rings is 1. The largest absolute Gasteiger partial charge is 0.476 e. The third kappa shape index (κ3) is 2.95. The molecule has 2 rings (SSSR count). The zero-order valence-electron chi connectivity index (χ0n) is 9.12. The van der Waals surface area contributed by atoms with E-state index in [1.165, 1.54) is 24.3 Å². The Hall–Kier alpha value is -1.000. The molecule has 1 heterocycles. The molecule has 0 spiro atoms. The topological polar surface area (TPSA) is 50.2 Å². The summed E-state index contributed by atoms with van der Waals surface area (Å²) in [5.41, 5.74) is 0.472. The number of aromatic nitrogens is 1. The van der Waals surface area contributed by atoms with Crippen LogP contribution in [-0.4, -0.2) is 16.1 Å². The Balaban J connectivity index is 2.75. The molecule has 0 bridgehead atoms. The molecule has 2 aromatic rings. The van der Waals surface area contributed by atoms with E-state index in [9.17, 15) is 4.79 Å². The van der Waals surface area contributed by atoms with Crippen molar-refractivity contribution in [1.82, 2.24) is 4.98 Å². The molecule has 0 amide bonds. The van der Waals surface area contributed by atoms with Gasteiger partial charge in [0.05, 0.1) is 10.0 Å². The molecule has 0 atom stereocenters. The third-order valence-corrected chi connectivity index (χ3v) is 3.58. The summed E-state index contributed by atoms with van der Waals surface area (Å²) in [7, 11) is 0. The summed E-state index contributed by atoms with van der Waals surface area (Å²) in [6.07, 6.45) is 0. The Morgan fingerprint density at radius 3 is 2.37 bits per heavy atom. The van der Waals surface area contributed by atoms with Crippen LogP contribution in [0, 0.1) is 0 Å². The SMILES string of the molecule is O=C(O)c1nc(Cl)ccc1-c1cc(Cl)cc(Cl)c1Cl. The predicted molar refractivity (Wildman–Crippen MR) is 76.7 cm³/mol. The summed E-state index contributed by atoms with van der Waals surface area (Å²) in [4.78, 5) is 15.0. The van der Waals surface area contributed by atoms with Crippen LogP contribution in [0.3, 0.4) is 0 Å². The number of nitrogens with zero attached hydrogens (tertiary/aromatic N) is 1. The monoisotopic (exact) mass is 335 g/mol. The summed E-state index contributed by atoms with van der Waals surface area (Å²) < 4.78 is 0. The Morgan fingerprint density at radius 1 is 1.05 bits per heavy atom. The van der Waals surface area contributed by atoms with Gasteiger partial charge in [0, 0.05) is 16.1 Å². The molecule has 1 N–H and O–H groups in total. The number of hydrogen-bond acceptors (Lipinski definition) is 2. The van der Waals surface area contributed by atoms with E-state index in [2.05, 4.69) is 4.98 Å². The molecular weight excluding hydrogens is 332 g/mol. The van der Waals surface area contributed by atoms with Gasteiger partial charge in [0.15, 0.2) is 5.69 Å². The molecule has 0 saturated carbocycles. The van der Waals surface area contributed by atoms with E-state index < -0.39 is 5.97 Å². The van der Waals surface area contributed by atoms with E-state index in [0.29, 0.717) is 16.1 Å². The zero-order valence-corrected chi connectivity index (χ0v) is 12.1. The van der Waals surface area contributed by atoms with Crippen molar-refractivity contribution in [2.24, 2.45) is 0 Å². The van der Waals surface area contributed by atoms with Crippen molar-refractivity contribution >= 4 is 52.4 Å². The van der Waals surface area contributed by atoms with E-state index in [-0.39, 0.29) is 20.9 Å². The van der Waals surface area contributed by atoms with E-state index in [0.717, 1.165) is 0 Å². The number of benzene rings is 1. The Bertz CT molecular complexity index is 673. The second kappa shape index (κ2) is 5.55. The fourth-order valence-electron chi connectivity index (χ4n) is 1.57. The van der Waals surface area contributed by atoms with Crippen molar-refractivity contribution in [3.8, 4) is 11.1 Å². The van der Waals surface area contributed by atoms with Gasteiger partial charge >= 0.3 is 5.97 Å². The number of hydrogen-bond donors (Lipinski definition) is 1. The van der Waals surface area contributed by atoms with E-state index >= 15 is 0 Å². The molecule has 19 heavy (non-hydrogen) atoms. The second-order valence-corrected chi connectivity index (χ2v) is 5.19. The van der Waals surface area contributed by atoms with Gasteiger partial charge in [0.25, 0.3) is 0 Å². The van der Waals surface area contributed by atoms with Gasteiger partial charge in [-0.25, -0.2) is 9.78 Å². The van der Waals surface area contributed by atoms with E-state index in [1.54, 1.807) is 0 Å². The molecule has 1 aromatic heterocycles. The van der Waals surface area contributed by atoms with Gasteiger partial charge in [-0.2, -0.15) is 0 Å². The first-order valence-corrected chi connectivity index (χ1v) is 6.46. The first-order valence-electron chi connectivity index (χ1n) is 4.95. The highest BCUT2D eigenvalue weighted by Crippen LogP contribution is 2.37. The zero-order chi connectivity index (χ0) is 14.2. The first kappa shape index (κ1) is 14.4. The van der Waals surface area contributed by atoms with Crippen molar-refractivity contribution in [3.05, 3.63) is 50.2 Å². The molecular formula is C12H5Cl4NO2. The highest BCUT2D eigenvalue weighted by Gasteiger charge is 2.18. The average Bonchev–Trinajstić information content (AvgIpc) is 2.34. The van der Waals surface area contributed by atoms with Crippen molar-refractivity contribution in [2.75, 3.05) is 0 Å². The minimum atomic E-state index is -1.22. The lowest BCUT2D eigenvalue weighted by atomic mass is 10.0. The van der Waals surface area contributed by atoms with Crippen LogP contribution in [-0.2, 0) is 0 Å². The standard InChI is InChI=1S/C12H5Cl4NO2/c13-5-3-7(10(16)8(14)4-5)6-1-2-9(15)17-11(6)12(18)19/h1-4H,(H,18,19). The molecule has 0 fully saturated rings. The van der Waals surface area contributed by atoms with Crippen LogP contribution in [0.2, 0.25) is 20.2 Å². The minimum Gasteiger partial charge on any atom is -0.476 e. The number of carbonyl (C=O) groups is 1. The lowest BCUT2D eigenvalue weighted by molar-refractivity contribution is 0.0691. The molecule has 0 aliphatic carbocycles. The number of halogens is 4. The van der Waals surface area contributed by atoms with Gasteiger partial charge in [0.1, 0.15) is 5.15 Å². The first-order chi connectivity index (χ1) is 8.90. The fraction of sp³-hybridized carbons (Fsp3) is 0. The van der Waals surface area contributed by atoms with Crippen molar-refractivity contribution < 1.29 is 9.90 Å². The van der Waals surface area contributed by atoms with E-state index in [1.807, 2.05) is 0 Å². The molecule has 0 aliphatic rings. The quantitative estimate of drug-likeness (QED) is 0.616. The summed E-state index contributed by atoms with van der Waals surface area (Å²) >= 11 is 23.6. The molecule has 1 aromatic carbocycles. The molecule has 98 valence electrons. The summed E-state index contributed by atoms with van der Waals surface area (Å²) in [5.74, 6) is -1.22. The van der Waals surface area contributed by atoms with Crippen LogP contribution in [0.25, 0.3) is 11.1 Å². The summed E-state index contributed by atoms with van der Waals surface area (Å²) in [6.45, 7) is 0. The van der Waals surface area contributed by atoms with Gasteiger partial charge in [-0.3, -0.25) is 0 Å². The fourth-order valence-corrected chi connectivity index (χ4v) is 2.42. The molecule has 0 aliphatic heterocycles. The maximum atomic E-state index is 11.2. The summed E-state index contributed by atoms with van der Waals surface area (Å²) in [6, 6.07) is 5.97. The van der Waals surface area contributed by atoms with Crippen LogP contribution in [0.5, 0.6) is 0 Å². The lowest BCUT2D eigenvalue weighted by Gasteiger charge is -2.09. The van der Waals surface area contributed by atoms with Gasteiger partial charge < -0.3 is 5.11 Å². The molecule has 3 nitrogen and oxygen atoms in total. The number of rotatable bonds is 2. The van der Waals surface area contributed by atoms with Crippen LogP contribution < -0.4 is 0 Å². The number of aromatic carboxylic acids is 1. The Kier molecular flexibility index (Phi) is 4.21. The van der Waals surface area contributed by atoms with Gasteiger partial charge in [0.2, 0.25) is 0 Å². The third-order valence-electron chi connectivity index (χ3n) is 2.35. The van der Waals surface area contributed by atoms with Crippen LogP contribution in [0.15, 0.2) is 24.3 Å². The minimum absolute atomic E-state index is 0.0744. The number of carboxylic acid groups (broad SMARTS) is 1. The molecule has 0 saturated heterocycles. The smallest absolute Gasteiger partial charge is 0.355 e. The summed E-state index contributed by atoms with van der Waals surface area (Å²) in [5, 5.41) is 10.0. The normalized spacial score (nSPS) is 10.5. The van der Waals surface area contributed by atoms with Crippen LogP contribution in [0.4, 0.5) is 0 Å². The highest BCUT2D eigenvalue weighted by molar-refractivity contribution is 6.45. The maximum Gasteiger partial charge on any atom is 0.355 e. The molecule has 0 radical (unpaired) electrons. The Labute approximate surface area is 128 Å². The molecule has 7 heteroatoms. The highest BCUT2D eigenvalue weighted by atomic mass is 35.5. The van der Waals surface area contributed by atoms with Crippen LogP contribution in [0.1, 0.15) is 10.5 Å². The van der Waals surface area contributed by atoms with Gasteiger partial charge in [-0.15, -0.1) is 0 Å². The van der Waals surface area contributed by atoms with Gasteiger partial charge in [-0.05, 0) is 24.3 Å². The maximum absolute atomic E-state index is 11.2. The van der Waals surface area contributed by atoms with Crippen LogP contribution >= 0.6 is 46.4 Å². The van der Waals surface area contributed by atoms with Gasteiger partial charge in [-0.1, -0.05) is 46.4 Å². The second-order valence-electron chi connectivity index (χ2n) is 3.58. The molecule has 0 unspecified atom stereocenters. The van der Waals surface area contributed by atoms with Crippen molar-refractivity contribution in [2.45, 2.75) is 0 Å². The Morgan fingerprint density at radius 2 is 1.74 bits per heavy atom. The lowest BCUT2D eigenvalue weighted by Crippen LogP contribution is -2.03. The predicted octanol–water partition coefficient (Wildman–Crippen LogP) is 5.06. The average molecular weight is 337 g/mol. The van der Waals surface area contributed by atoms with E-state index in [4.69, 9.17) is 51.5 Å². The van der Waals surface area contributed by atoms with Crippen molar-refractivity contribution in [3.63, 3.8) is 0 Å². The number of carboxylic acids is 1. The van der Waals surface area contributed by atoms with Crippen molar-refractivity contribution in [1.29, 1.82) is 0 Å².